The number of hydrogen-bond donors (Lipinski definition) is 1. The molecule has 1 atom stereocenters. The van der Waals surface area contributed by atoms with Gasteiger partial charge in [-0.2, -0.15) is 0 Å². The number of ether oxygens (including phenoxy) is 1. The van der Waals surface area contributed by atoms with Crippen LogP contribution in [0.2, 0.25) is 0 Å². The minimum absolute atomic E-state index is 0.781. The molecule has 2 rings (SSSR count). The lowest BCUT2D eigenvalue weighted by molar-refractivity contribution is 0.173. The van der Waals surface area contributed by atoms with Crippen LogP contribution in [0.5, 0.6) is 5.75 Å². The van der Waals surface area contributed by atoms with Crippen molar-refractivity contribution in [3.63, 3.8) is 0 Å². The fourth-order valence-corrected chi connectivity index (χ4v) is 2.98. The second-order valence-electron chi connectivity index (χ2n) is 6.17. The van der Waals surface area contributed by atoms with Crippen LogP contribution in [0.3, 0.4) is 0 Å². The highest BCUT2D eigenvalue weighted by molar-refractivity contribution is 5.26. The summed E-state index contributed by atoms with van der Waals surface area (Å²) in [5.74, 6) is 1.79. The van der Waals surface area contributed by atoms with Gasteiger partial charge in [0.1, 0.15) is 12.4 Å². The maximum absolute atomic E-state index is 5.87. The summed E-state index contributed by atoms with van der Waals surface area (Å²) in [6.45, 7) is 10.9. The Balaban J connectivity index is 1.72. The van der Waals surface area contributed by atoms with Gasteiger partial charge in [-0.15, -0.1) is 0 Å². The average Bonchev–Trinajstić information content (AvgIpc) is 2.50. The second-order valence-corrected chi connectivity index (χ2v) is 6.17. The Morgan fingerprint density at radius 3 is 2.71 bits per heavy atom. The summed E-state index contributed by atoms with van der Waals surface area (Å²) in [6, 6.07) is 8.33. The maximum Gasteiger partial charge on any atom is 0.119 e. The standard InChI is InChI=1S/C18H30N2O/c1-3-11-20(15-17-5-4-10-19-14-17)12-13-21-18-8-6-16(2)7-9-18/h6-9,17,19H,3-5,10-15H2,1-2H3. The number of nitrogens with one attached hydrogen (secondary N) is 1. The Hall–Kier alpha value is -1.06. The second kappa shape index (κ2) is 9.06. The molecule has 1 unspecified atom stereocenters. The predicted molar refractivity (Wildman–Crippen MR) is 89.0 cm³/mol. The van der Waals surface area contributed by atoms with Gasteiger partial charge in [0.05, 0.1) is 0 Å². The van der Waals surface area contributed by atoms with Crippen molar-refractivity contribution in [1.29, 1.82) is 0 Å². The van der Waals surface area contributed by atoms with E-state index in [-0.39, 0.29) is 0 Å². The van der Waals surface area contributed by atoms with E-state index in [2.05, 4.69) is 48.3 Å². The van der Waals surface area contributed by atoms with Gasteiger partial charge in [0.2, 0.25) is 0 Å². The third kappa shape index (κ3) is 6.06. The molecule has 1 saturated heterocycles. The molecule has 1 heterocycles. The van der Waals surface area contributed by atoms with Crippen molar-refractivity contribution in [2.45, 2.75) is 33.1 Å². The number of benzene rings is 1. The molecule has 0 bridgehead atoms. The zero-order valence-electron chi connectivity index (χ0n) is 13.6. The van der Waals surface area contributed by atoms with Crippen LogP contribution in [0, 0.1) is 12.8 Å². The van der Waals surface area contributed by atoms with Crippen molar-refractivity contribution in [3.8, 4) is 5.75 Å². The molecule has 1 fully saturated rings. The molecule has 0 spiro atoms. The predicted octanol–water partition coefficient (Wildman–Crippen LogP) is 3.09. The summed E-state index contributed by atoms with van der Waals surface area (Å²) in [7, 11) is 0. The Labute approximate surface area is 129 Å². The van der Waals surface area contributed by atoms with E-state index in [1.165, 1.54) is 51.0 Å². The quantitative estimate of drug-likeness (QED) is 0.796. The summed E-state index contributed by atoms with van der Waals surface area (Å²) in [5.41, 5.74) is 1.28. The SMILES string of the molecule is CCCN(CCOc1ccc(C)cc1)CC1CCCNC1. The third-order valence-corrected chi connectivity index (χ3v) is 4.15. The van der Waals surface area contributed by atoms with E-state index in [1.807, 2.05) is 0 Å². The molecule has 0 aliphatic carbocycles. The minimum Gasteiger partial charge on any atom is -0.492 e. The third-order valence-electron chi connectivity index (χ3n) is 4.15. The van der Waals surface area contributed by atoms with Gasteiger partial charge < -0.3 is 10.1 Å². The summed E-state index contributed by atoms with van der Waals surface area (Å²) >= 11 is 0. The van der Waals surface area contributed by atoms with E-state index in [1.54, 1.807) is 0 Å². The van der Waals surface area contributed by atoms with Crippen molar-refractivity contribution >= 4 is 0 Å². The molecule has 21 heavy (non-hydrogen) atoms. The minimum atomic E-state index is 0.781. The van der Waals surface area contributed by atoms with E-state index in [4.69, 9.17) is 4.74 Å². The van der Waals surface area contributed by atoms with Crippen LogP contribution in [0.25, 0.3) is 0 Å². The first-order valence-electron chi connectivity index (χ1n) is 8.40. The van der Waals surface area contributed by atoms with Gasteiger partial charge in [-0.05, 0) is 63.9 Å². The lowest BCUT2D eigenvalue weighted by Gasteiger charge is -2.29. The molecule has 0 saturated carbocycles. The molecule has 0 aromatic heterocycles. The van der Waals surface area contributed by atoms with Crippen LogP contribution in [-0.4, -0.2) is 44.2 Å². The summed E-state index contributed by atoms with van der Waals surface area (Å²) in [4.78, 5) is 2.56. The van der Waals surface area contributed by atoms with E-state index >= 15 is 0 Å². The summed E-state index contributed by atoms with van der Waals surface area (Å²) < 4.78 is 5.87. The number of nitrogens with zero attached hydrogens (tertiary/aromatic N) is 1. The topological polar surface area (TPSA) is 24.5 Å². The Kier molecular flexibility index (Phi) is 7.04. The molecule has 3 heteroatoms. The van der Waals surface area contributed by atoms with Gasteiger partial charge in [0, 0.05) is 13.1 Å². The Morgan fingerprint density at radius 2 is 2.05 bits per heavy atom. The molecule has 0 radical (unpaired) electrons. The highest BCUT2D eigenvalue weighted by atomic mass is 16.5. The van der Waals surface area contributed by atoms with E-state index < -0.39 is 0 Å². The largest absolute Gasteiger partial charge is 0.492 e. The molecule has 1 aliphatic heterocycles. The van der Waals surface area contributed by atoms with Gasteiger partial charge >= 0.3 is 0 Å². The number of aryl methyl sites for hydroxylation is 1. The average molecular weight is 290 g/mol. The van der Waals surface area contributed by atoms with Crippen LogP contribution in [0.1, 0.15) is 31.7 Å². The molecule has 0 amide bonds. The van der Waals surface area contributed by atoms with Crippen molar-refractivity contribution in [1.82, 2.24) is 10.2 Å². The van der Waals surface area contributed by atoms with Gasteiger partial charge in [-0.25, -0.2) is 0 Å². The lowest BCUT2D eigenvalue weighted by atomic mass is 9.99. The van der Waals surface area contributed by atoms with Crippen molar-refractivity contribution in [2.75, 3.05) is 39.3 Å². The first-order chi connectivity index (χ1) is 10.3. The van der Waals surface area contributed by atoms with Gasteiger partial charge in [-0.3, -0.25) is 4.90 Å². The Morgan fingerprint density at radius 1 is 1.24 bits per heavy atom. The first-order valence-corrected chi connectivity index (χ1v) is 8.40. The van der Waals surface area contributed by atoms with Crippen LogP contribution in [-0.2, 0) is 0 Å². The molecule has 1 aliphatic rings. The van der Waals surface area contributed by atoms with Gasteiger partial charge in [0.15, 0.2) is 0 Å². The maximum atomic E-state index is 5.87. The highest BCUT2D eigenvalue weighted by Gasteiger charge is 2.16. The zero-order chi connectivity index (χ0) is 14.9. The molecular formula is C18H30N2O. The molecular weight excluding hydrogens is 260 g/mol. The molecule has 1 aromatic rings. The van der Waals surface area contributed by atoms with Crippen LogP contribution in [0.15, 0.2) is 24.3 Å². The van der Waals surface area contributed by atoms with Crippen LogP contribution in [0.4, 0.5) is 0 Å². The van der Waals surface area contributed by atoms with Gasteiger partial charge in [0.25, 0.3) is 0 Å². The highest BCUT2D eigenvalue weighted by Crippen LogP contribution is 2.13. The summed E-state index contributed by atoms with van der Waals surface area (Å²) in [6.07, 6.45) is 3.90. The molecule has 3 nitrogen and oxygen atoms in total. The molecule has 118 valence electrons. The number of rotatable bonds is 8. The molecule has 1 aromatic carbocycles. The smallest absolute Gasteiger partial charge is 0.119 e. The van der Waals surface area contributed by atoms with Crippen LogP contribution >= 0.6 is 0 Å². The van der Waals surface area contributed by atoms with E-state index in [0.29, 0.717) is 0 Å². The van der Waals surface area contributed by atoms with Crippen LogP contribution < -0.4 is 10.1 Å². The van der Waals surface area contributed by atoms with E-state index in [9.17, 15) is 0 Å². The van der Waals surface area contributed by atoms with E-state index in [0.717, 1.165) is 24.8 Å². The summed E-state index contributed by atoms with van der Waals surface area (Å²) in [5, 5.41) is 3.51. The Bertz CT molecular complexity index is 385. The fourth-order valence-electron chi connectivity index (χ4n) is 2.98. The normalized spacial score (nSPS) is 18.9. The number of hydrogen-bond acceptors (Lipinski definition) is 3. The monoisotopic (exact) mass is 290 g/mol. The van der Waals surface area contributed by atoms with Crippen molar-refractivity contribution in [3.05, 3.63) is 29.8 Å². The fraction of sp³-hybridized carbons (Fsp3) is 0.667. The lowest BCUT2D eigenvalue weighted by Crippen LogP contribution is -2.40. The van der Waals surface area contributed by atoms with Crippen molar-refractivity contribution < 1.29 is 4.74 Å². The van der Waals surface area contributed by atoms with Gasteiger partial charge in [-0.1, -0.05) is 24.6 Å². The zero-order valence-corrected chi connectivity index (χ0v) is 13.6. The number of piperidine rings is 1. The first kappa shape index (κ1) is 16.3. The van der Waals surface area contributed by atoms with Crippen molar-refractivity contribution in [2.24, 2.45) is 5.92 Å². The molecule has 1 N–H and O–H groups in total.